The third kappa shape index (κ3) is 3.48. The van der Waals surface area contributed by atoms with E-state index >= 15 is 0 Å². The number of nitrogen functional groups attached to an aromatic ring is 1. The molecule has 0 unspecified atom stereocenters. The Balaban J connectivity index is 2.34. The van der Waals surface area contributed by atoms with E-state index in [0.717, 1.165) is 22.7 Å². The molecule has 0 atom stereocenters. The van der Waals surface area contributed by atoms with Gasteiger partial charge < -0.3 is 10.6 Å². The molecule has 0 heterocycles. The van der Waals surface area contributed by atoms with Crippen LogP contribution >= 0.6 is 11.8 Å². The Labute approximate surface area is 126 Å². The molecular weight excluding hydrogens is 266 g/mol. The second kappa shape index (κ2) is 6.53. The van der Waals surface area contributed by atoms with E-state index in [1.807, 2.05) is 6.26 Å². The molecule has 1 aliphatic rings. The molecule has 0 spiro atoms. The van der Waals surface area contributed by atoms with Crippen LogP contribution < -0.4 is 10.6 Å². The van der Waals surface area contributed by atoms with Crippen LogP contribution in [0.5, 0.6) is 0 Å². The minimum Gasteiger partial charge on any atom is -0.384 e. The second-order valence-electron chi connectivity index (χ2n) is 5.88. The van der Waals surface area contributed by atoms with Crippen LogP contribution in [0, 0.1) is 11.3 Å². The SMILES string of the molecule is CSc1cccc(N(CCC(C)C)C2CC2)c1C(=N)N. The van der Waals surface area contributed by atoms with E-state index in [1.165, 1.54) is 19.3 Å². The average molecular weight is 291 g/mol. The highest BCUT2D eigenvalue weighted by Gasteiger charge is 2.31. The predicted octanol–water partition coefficient (Wildman–Crippen LogP) is 3.71. The highest BCUT2D eigenvalue weighted by molar-refractivity contribution is 7.98. The summed E-state index contributed by atoms with van der Waals surface area (Å²) in [7, 11) is 0. The normalized spacial score (nSPS) is 14.6. The van der Waals surface area contributed by atoms with Crippen LogP contribution in [-0.4, -0.2) is 24.7 Å². The minimum atomic E-state index is 0.181. The number of rotatable bonds is 7. The van der Waals surface area contributed by atoms with Gasteiger partial charge in [-0.05, 0) is 43.6 Å². The molecule has 1 aromatic rings. The van der Waals surface area contributed by atoms with Crippen LogP contribution in [0.4, 0.5) is 5.69 Å². The summed E-state index contributed by atoms with van der Waals surface area (Å²) in [6.07, 6.45) is 5.75. The summed E-state index contributed by atoms with van der Waals surface area (Å²) in [5.74, 6) is 0.876. The van der Waals surface area contributed by atoms with Crippen molar-refractivity contribution in [1.82, 2.24) is 0 Å². The topological polar surface area (TPSA) is 53.1 Å². The summed E-state index contributed by atoms with van der Waals surface area (Å²) in [6.45, 7) is 5.57. The number of benzene rings is 1. The van der Waals surface area contributed by atoms with Gasteiger partial charge in [0, 0.05) is 23.2 Å². The van der Waals surface area contributed by atoms with E-state index in [4.69, 9.17) is 11.1 Å². The molecule has 0 aliphatic heterocycles. The van der Waals surface area contributed by atoms with Gasteiger partial charge in [0.2, 0.25) is 0 Å². The molecule has 110 valence electrons. The number of amidine groups is 1. The number of hydrogen-bond acceptors (Lipinski definition) is 3. The number of hydrogen-bond donors (Lipinski definition) is 2. The molecule has 0 radical (unpaired) electrons. The van der Waals surface area contributed by atoms with Crippen LogP contribution in [0.25, 0.3) is 0 Å². The Morgan fingerprint density at radius 2 is 2.15 bits per heavy atom. The van der Waals surface area contributed by atoms with Crippen molar-refractivity contribution < 1.29 is 0 Å². The zero-order valence-corrected chi connectivity index (χ0v) is 13.5. The number of nitrogens with two attached hydrogens (primary N) is 1. The molecule has 1 aromatic carbocycles. The first-order valence-electron chi connectivity index (χ1n) is 7.32. The summed E-state index contributed by atoms with van der Waals surface area (Å²) in [5, 5.41) is 7.93. The third-order valence-electron chi connectivity index (χ3n) is 3.74. The third-order valence-corrected chi connectivity index (χ3v) is 4.52. The predicted molar refractivity (Wildman–Crippen MR) is 89.1 cm³/mol. The largest absolute Gasteiger partial charge is 0.384 e. The average Bonchev–Trinajstić information content (AvgIpc) is 3.22. The fraction of sp³-hybridized carbons (Fsp3) is 0.562. The molecule has 2 rings (SSSR count). The van der Waals surface area contributed by atoms with Gasteiger partial charge in [-0.15, -0.1) is 11.8 Å². The Morgan fingerprint density at radius 3 is 2.65 bits per heavy atom. The molecule has 0 aromatic heterocycles. The van der Waals surface area contributed by atoms with Crippen molar-refractivity contribution in [2.24, 2.45) is 11.7 Å². The summed E-state index contributed by atoms with van der Waals surface area (Å²) >= 11 is 1.66. The van der Waals surface area contributed by atoms with Gasteiger partial charge in [0.05, 0.1) is 5.56 Å². The number of thioether (sulfide) groups is 1. The van der Waals surface area contributed by atoms with Crippen molar-refractivity contribution >= 4 is 23.3 Å². The first-order chi connectivity index (χ1) is 9.54. The van der Waals surface area contributed by atoms with Gasteiger partial charge in [-0.3, -0.25) is 5.41 Å². The van der Waals surface area contributed by atoms with Crippen molar-refractivity contribution in [3.05, 3.63) is 23.8 Å². The Kier molecular flexibility index (Phi) is 4.97. The minimum absolute atomic E-state index is 0.181. The summed E-state index contributed by atoms with van der Waals surface area (Å²) in [6, 6.07) is 6.90. The molecule has 3 N–H and O–H groups in total. The fourth-order valence-corrected chi connectivity index (χ4v) is 3.12. The quantitative estimate of drug-likeness (QED) is 0.457. The lowest BCUT2D eigenvalue weighted by molar-refractivity contribution is 0.570. The van der Waals surface area contributed by atoms with Crippen molar-refractivity contribution in [2.45, 2.75) is 44.0 Å². The van der Waals surface area contributed by atoms with Crippen LogP contribution in [0.15, 0.2) is 23.1 Å². The zero-order valence-electron chi connectivity index (χ0n) is 12.6. The van der Waals surface area contributed by atoms with Crippen molar-refractivity contribution in [3.8, 4) is 0 Å². The fourth-order valence-electron chi connectivity index (χ4n) is 2.48. The second-order valence-corrected chi connectivity index (χ2v) is 6.72. The van der Waals surface area contributed by atoms with E-state index in [2.05, 4.69) is 36.9 Å². The Morgan fingerprint density at radius 1 is 1.45 bits per heavy atom. The Hall–Kier alpha value is -1.16. The molecule has 4 heteroatoms. The maximum atomic E-state index is 7.93. The van der Waals surface area contributed by atoms with Crippen LogP contribution in [-0.2, 0) is 0 Å². The molecule has 0 bridgehead atoms. The zero-order chi connectivity index (χ0) is 14.7. The van der Waals surface area contributed by atoms with E-state index in [1.54, 1.807) is 11.8 Å². The highest BCUT2D eigenvalue weighted by atomic mass is 32.2. The summed E-state index contributed by atoms with van der Waals surface area (Å²) < 4.78 is 0. The highest BCUT2D eigenvalue weighted by Crippen LogP contribution is 2.36. The molecule has 0 amide bonds. The molecular formula is C16H25N3S. The van der Waals surface area contributed by atoms with Gasteiger partial charge >= 0.3 is 0 Å². The lowest BCUT2D eigenvalue weighted by Crippen LogP contribution is -2.30. The van der Waals surface area contributed by atoms with E-state index in [0.29, 0.717) is 12.0 Å². The van der Waals surface area contributed by atoms with Crippen LogP contribution in [0.1, 0.15) is 38.7 Å². The van der Waals surface area contributed by atoms with Crippen molar-refractivity contribution in [1.29, 1.82) is 5.41 Å². The van der Waals surface area contributed by atoms with Crippen LogP contribution in [0.3, 0.4) is 0 Å². The number of nitrogens with zero attached hydrogens (tertiary/aromatic N) is 1. The standard InChI is InChI=1S/C16H25N3S/c1-11(2)9-10-19(12-7-8-12)13-5-4-6-14(20-3)15(13)16(17)18/h4-6,11-12H,7-10H2,1-3H3,(H3,17,18). The van der Waals surface area contributed by atoms with E-state index < -0.39 is 0 Å². The lowest BCUT2D eigenvalue weighted by atomic mass is 10.1. The van der Waals surface area contributed by atoms with Crippen molar-refractivity contribution in [3.63, 3.8) is 0 Å². The smallest absolute Gasteiger partial charge is 0.126 e. The molecule has 1 saturated carbocycles. The lowest BCUT2D eigenvalue weighted by Gasteiger charge is -2.28. The molecule has 1 aliphatic carbocycles. The first kappa shape index (κ1) is 15.2. The van der Waals surface area contributed by atoms with E-state index in [-0.39, 0.29) is 5.84 Å². The van der Waals surface area contributed by atoms with Gasteiger partial charge in [-0.25, -0.2) is 0 Å². The summed E-state index contributed by atoms with van der Waals surface area (Å²) in [5.41, 5.74) is 7.91. The van der Waals surface area contributed by atoms with Gasteiger partial charge in [-0.1, -0.05) is 19.9 Å². The maximum Gasteiger partial charge on any atom is 0.126 e. The Bertz CT molecular complexity index is 481. The maximum absolute atomic E-state index is 7.93. The van der Waals surface area contributed by atoms with Gasteiger partial charge in [0.1, 0.15) is 5.84 Å². The van der Waals surface area contributed by atoms with Gasteiger partial charge in [0.15, 0.2) is 0 Å². The first-order valence-corrected chi connectivity index (χ1v) is 8.55. The monoisotopic (exact) mass is 291 g/mol. The molecule has 20 heavy (non-hydrogen) atoms. The molecule has 3 nitrogen and oxygen atoms in total. The molecule has 1 fully saturated rings. The van der Waals surface area contributed by atoms with E-state index in [9.17, 15) is 0 Å². The van der Waals surface area contributed by atoms with Crippen LogP contribution in [0.2, 0.25) is 0 Å². The number of anilines is 1. The van der Waals surface area contributed by atoms with Gasteiger partial charge in [0.25, 0.3) is 0 Å². The van der Waals surface area contributed by atoms with Crippen molar-refractivity contribution in [2.75, 3.05) is 17.7 Å². The molecule has 0 saturated heterocycles. The summed E-state index contributed by atoms with van der Waals surface area (Å²) in [4.78, 5) is 3.57. The van der Waals surface area contributed by atoms with Gasteiger partial charge in [-0.2, -0.15) is 0 Å². The number of nitrogens with one attached hydrogen (secondary N) is 1.